The van der Waals surface area contributed by atoms with Gasteiger partial charge in [0.05, 0.1) is 13.2 Å². The minimum Gasteiger partial charge on any atom is -0.497 e. The van der Waals surface area contributed by atoms with Gasteiger partial charge in [0.1, 0.15) is 5.75 Å². The van der Waals surface area contributed by atoms with Crippen LogP contribution in [-0.4, -0.2) is 75.2 Å². The van der Waals surface area contributed by atoms with Gasteiger partial charge in [0, 0.05) is 32.2 Å². The van der Waals surface area contributed by atoms with Crippen molar-refractivity contribution in [1.82, 2.24) is 20.4 Å². The molecule has 2 N–H and O–H groups in total. The molecule has 1 heterocycles. The van der Waals surface area contributed by atoms with Crippen LogP contribution in [0, 0.1) is 0 Å². The predicted molar refractivity (Wildman–Crippen MR) is 116 cm³/mol. The Labute approximate surface area is 170 Å². The molecule has 1 aromatic rings. The number of rotatable bonds is 9. The smallest absolute Gasteiger partial charge is 0.191 e. The molecule has 0 aromatic heterocycles. The largest absolute Gasteiger partial charge is 0.497 e. The second-order valence-electron chi connectivity index (χ2n) is 8.11. The van der Waals surface area contributed by atoms with Gasteiger partial charge in [-0.2, -0.15) is 0 Å². The molecule has 0 spiro atoms. The Bertz CT molecular complexity index is 622. The molecule has 0 radical (unpaired) electrons. The first-order valence-electron chi connectivity index (χ1n) is 10.7. The van der Waals surface area contributed by atoms with E-state index in [2.05, 4.69) is 63.7 Å². The third kappa shape index (κ3) is 5.61. The normalized spacial score (nSPS) is 20.2. The highest BCUT2D eigenvalue weighted by Gasteiger charge is 2.29. The van der Waals surface area contributed by atoms with E-state index in [1.165, 1.54) is 31.2 Å². The molecule has 2 unspecified atom stereocenters. The number of benzene rings is 1. The fraction of sp³-hybridized carbons (Fsp3) is 0.682. The number of hydrogen-bond donors (Lipinski definition) is 2. The third-order valence-corrected chi connectivity index (χ3v) is 6.15. The van der Waals surface area contributed by atoms with Gasteiger partial charge in [-0.3, -0.25) is 14.8 Å². The summed E-state index contributed by atoms with van der Waals surface area (Å²) in [6, 6.07) is 10.1. The Kier molecular flexibility index (Phi) is 7.57. The lowest BCUT2D eigenvalue weighted by Crippen LogP contribution is -2.47. The van der Waals surface area contributed by atoms with E-state index in [4.69, 9.17) is 4.74 Å². The third-order valence-electron chi connectivity index (χ3n) is 6.15. The molecular formula is C22H37N5O. The summed E-state index contributed by atoms with van der Waals surface area (Å²) in [4.78, 5) is 9.49. The molecule has 0 amide bonds. The Hall–Kier alpha value is -1.79. The number of guanidine groups is 1. The monoisotopic (exact) mass is 387 g/mol. The summed E-state index contributed by atoms with van der Waals surface area (Å²) in [6.45, 7) is 6.35. The predicted octanol–water partition coefficient (Wildman–Crippen LogP) is 2.48. The fourth-order valence-electron chi connectivity index (χ4n) is 3.98. The van der Waals surface area contributed by atoms with Crippen molar-refractivity contribution in [2.75, 3.05) is 47.4 Å². The number of nitrogens with one attached hydrogen (secondary N) is 2. The van der Waals surface area contributed by atoms with Crippen molar-refractivity contribution in [3.05, 3.63) is 29.8 Å². The summed E-state index contributed by atoms with van der Waals surface area (Å²) in [5, 5.41) is 7.07. The number of likely N-dealkylation sites (tertiary alicyclic amines) is 1. The van der Waals surface area contributed by atoms with Gasteiger partial charge in [0.15, 0.2) is 5.96 Å². The van der Waals surface area contributed by atoms with Crippen molar-refractivity contribution in [3.8, 4) is 5.75 Å². The average molecular weight is 388 g/mol. The van der Waals surface area contributed by atoms with Crippen LogP contribution >= 0.6 is 0 Å². The fourth-order valence-corrected chi connectivity index (χ4v) is 3.98. The molecule has 2 aliphatic rings. The molecule has 2 atom stereocenters. The topological polar surface area (TPSA) is 52.1 Å². The Morgan fingerprint density at radius 3 is 2.39 bits per heavy atom. The maximum atomic E-state index is 5.32. The van der Waals surface area contributed by atoms with Gasteiger partial charge < -0.3 is 15.4 Å². The van der Waals surface area contributed by atoms with Crippen molar-refractivity contribution < 1.29 is 4.74 Å². The Morgan fingerprint density at radius 2 is 1.82 bits per heavy atom. The van der Waals surface area contributed by atoms with Crippen LogP contribution in [0.25, 0.3) is 0 Å². The Balaban J connectivity index is 1.56. The quantitative estimate of drug-likeness (QED) is 0.504. The summed E-state index contributed by atoms with van der Waals surface area (Å²) >= 11 is 0. The average Bonchev–Trinajstić information content (AvgIpc) is 3.45. The molecule has 1 aliphatic carbocycles. The number of likely N-dealkylation sites (N-methyl/N-ethyl adjacent to an activating group) is 1. The van der Waals surface area contributed by atoms with Crippen LogP contribution in [0.4, 0.5) is 0 Å². The van der Waals surface area contributed by atoms with Crippen molar-refractivity contribution in [3.63, 3.8) is 0 Å². The highest BCUT2D eigenvalue weighted by molar-refractivity contribution is 5.79. The van der Waals surface area contributed by atoms with Gasteiger partial charge >= 0.3 is 0 Å². The van der Waals surface area contributed by atoms with Gasteiger partial charge in [0.25, 0.3) is 0 Å². The SMILES string of the molecule is CN=C(NCC(c1ccc(OC)cc1)N1CCCC1)NCC(C)N(C)C1CC1. The molecule has 28 heavy (non-hydrogen) atoms. The minimum absolute atomic E-state index is 0.346. The number of hydrogen-bond acceptors (Lipinski definition) is 4. The molecule has 1 saturated carbocycles. The second kappa shape index (κ2) is 10.1. The molecule has 6 heteroatoms. The summed E-state index contributed by atoms with van der Waals surface area (Å²) < 4.78 is 5.32. The molecule has 1 saturated heterocycles. The first-order chi connectivity index (χ1) is 13.6. The van der Waals surface area contributed by atoms with Crippen LogP contribution in [0.5, 0.6) is 5.75 Å². The molecule has 1 aliphatic heterocycles. The van der Waals surface area contributed by atoms with E-state index in [0.29, 0.717) is 12.1 Å². The second-order valence-corrected chi connectivity index (χ2v) is 8.11. The van der Waals surface area contributed by atoms with Crippen LogP contribution in [0.1, 0.15) is 44.2 Å². The van der Waals surface area contributed by atoms with Crippen LogP contribution in [0.3, 0.4) is 0 Å². The minimum atomic E-state index is 0.346. The molecule has 0 bridgehead atoms. The molecule has 6 nitrogen and oxygen atoms in total. The lowest BCUT2D eigenvalue weighted by molar-refractivity contribution is 0.242. The van der Waals surface area contributed by atoms with E-state index < -0.39 is 0 Å². The van der Waals surface area contributed by atoms with E-state index in [-0.39, 0.29) is 0 Å². The molecule has 156 valence electrons. The van der Waals surface area contributed by atoms with E-state index >= 15 is 0 Å². The number of nitrogens with zero attached hydrogens (tertiary/aromatic N) is 3. The standard InChI is InChI=1S/C22H37N5O/c1-17(26(3)19-9-10-19)15-24-22(23-2)25-16-21(27-13-5-6-14-27)18-7-11-20(28-4)12-8-18/h7-8,11-12,17,19,21H,5-6,9-10,13-16H2,1-4H3,(H2,23,24,25). The van der Waals surface area contributed by atoms with E-state index in [1.807, 2.05) is 7.05 Å². The highest BCUT2D eigenvalue weighted by Crippen LogP contribution is 2.27. The van der Waals surface area contributed by atoms with Gasteiger partial charge in [0.2, 0.25) is 0 Å². The van der Waals surface area contributed by atoms with Crippen molar-refractivity contribution in [1.29, 1.82) is 0 Å². The van der Waals surface area contributed by atoms with Crippen LogP contribution in [0.2, 0.25) is 0 Å². The number of ether oxygens (including phenoxy) is 1. The zero-order valence-corrected chi connectivity index (χ0v) is 17.9. The summed E-state index contributed by atoms with van der Waals surface area (Å²) in [7, 11) is 5.79. The molecule has 1 aromatic carbocycles. The maximum absolute atomic E-state index is 5.32. The van der Waals surface area contributed by atoms with Crippen LogP contribution in [-0.2, 0) is 0 Å². The van der Waals surface area contributed by atoms with Crippen molar-refractivity contribution in [2.24, 2.45) is 4.99 Å². The van der Waals surface area contributed by atoms with Gasteiger partial charge in [-0.25, -0.2) is 0 Å². The molecular weight excluding hydrogens is 350 g/mol. The van der Waals surface area contributed by atoms with Crippen LogP contribution < -0.4 is 15.4 Å². The maximum Gasteiger partial charge on any atom is 0.191 e. The summed E-state index contributed by atoms with van der Waals surface area (Å²) in [6.07, 6.45) is 5.25. The van der Waals surface area contributed by atoms with Crippen molar-refractivity contribution >= 4 is 5.96 Å². The van der Waals surface area contributed by atoms with Gasteiger partial charge in [-0.05, 0) is 70.4 Å². The Morgan fingerprint density at radius 1 is 1.18 bits per heavy atom. The van der Waals surface area contributed by atoms with Crippen LogP contribution in [0.15, 0.2) is 29.3 Å². The van der Waals surface area contributed by atoms with E-state index in [9.17, 15) is 0 Å². The van der Waals surface area contributed by atoms with E-state index in [1.54, 1.807) is 7.11 Å². The van der Waals surface area contributed by atoms with E-state index in [0.717, 1.165) is 43.9 Å². The van der Waals surface area contributed by atoms with Gasteiger partial charge in [-0.15, -0.1) is 0 Å². The first kappa shape index (κ1) is 20.9. The zero-order chi connectivity index (χ0) is 19.9. The molecule has 3 rings (SSSR count). The lowest BCUT2D eigenvalue weighted by Gasteiger charge is -2.30. The van der Waals surface area contributed by atoms with Gasteiger partial charge in [-0.1, -0.05) is 12.1 Å². The van der Waals surface area contributed by atoms with Crippen molar-refractivity contribution in [2.45, 2.75) is 50.7 Å². The highest BCUT2D eigenvalue weighted by atomic mass is 16.5. The first-order valence-corrected chi connectivity index (χ1v) is 10.7. The number of methoxy groups -OCH3 is 1. The molecule has 2 fully saturated rings. The number of aliphatic imine (C=N–C) groups is 1. The summed E-state index contributed by atoms with van der Waals surface area (Å²) in [5.74, 6) is 1.79. The lowest BCUT2D eigenvalue weighted by atomic mass is 10.1. The summed E-state index contributed by atoms with van der Waals surface area (Å²) in [5.41, 5.74) is 1.33. The zero-order valence-electron chi connectivity index (χ0n) is 17.9.